The maximum absolute atomic E-state index is 13.2. The molecule has 4 bridgehead atoms. The summed E-state index contributed by atoms with van der Waals surface area (Å²) >= 11 is 0. The maximum atomic E-state index is 13.2. The number of rotatable bonds is 7. The van der Waals surface area contributed by atoms with Gasteiger partial charge in [0.1, 0.15) is 17.7 Å². The zero-order chi connectivity index (χ0) is 20.6. The van der Waals surface area contributed by atoms with Crippen molar-refractivity contribution in [3.05, 3.63) is 66.0 Å². The number of ether oxygens (including phenoxy) is 1. The number of carbonyl (C=O) groups is 1. The highest BCUT2D eigenvalue weighted by molar-refractivity contribution is 5.83. The van der Waals surface area contributed by atoms with E-state index in [1.54, 1.807) is 12.1 Å². The molecule has 0 saturated heterocycles. The van der Waals surface area contributed by atoms with E-state index in [4.69, 9.17) is 4.74 Å². The van der Waals surface area contributed by atoms with Crippen LogP contribution >= 0.6 is 0 Å². The van der Waals surface area contributed by atoms with Crippen LogP contribution < -0.4 is 10.1 Å². The summed E-state index contributed by atoms with van der Waals surface area (Å²) < 4.78 is 19.4. The van der Waals surface area contributed by atoms with Crippen molar-refractivity contribution in [2.75, 3.05) is 6.54 Å². The lowest BCUT2D eigenvalue weighted by Crippen LogP contribution is -2.53. The van der Waals surface area contributed by atoms with Crippen LogP contribution in [0.5, 0.6) is 5.75 Å². The molecule has 0 heterocycles. The molecule has 6 rings (SSSR count). The largest absolute Gasteiger partial charge is 0.486 e. The van der Waals surface area contributed by atoms with Crippen molar-refractivity contribution >= 4 is 5.91 Å². The fourth-order valence-electron chi connectivity index (χ4n) is 6.53. The molecule has 4 aliphatic rings. The van der Waals surface area contributed by atoms with E-state index in [0.717, 1.165) is 42.6 Å². The summed E-state index contributed by atoms with van der Waals surface area (Å²) in [6.45, 7) is 0.585. The normalized spacial score (nSPS) is 30.1. The highest BCUT2D eigenvalue weighted by Gasteiger charge is 2.54. The van der Waals surface area contributed by atoms with Crippen molar-refractivity contribution in [2.45, 2.75) is 51.0 Å². The topological polar surface area (TPSA) is 38.3 Å². The van der Waals surface area contributed by atoms with Gasteiger partial charge in [-0.1, -0.05) is 30.3 Å². The predicted molar refractivity (Wildman–Crippen MR) is 114 cm³/mol. The Hall–Kier alpha value is -2.36. The van der Waals surface area contributed by atoms with Gasteiger partial charge in [-0.25, -0.2) is 4.39 Å². The monoisotopic (exact) mass is 407 g/mol. The van der Waals surface area contributed by atoms with Gasteiger partial charge in [0.25, 0.3) is 0 Å². The quantitative estimate of drug-likeness (QED) is 0.642. The van der Waals surface area contributed by atoms with Gasteiger partial charge in [0, 0.05) is 18.4 Å². The van der Waals surface area contributed by atoms with Crippen molar-refractivity contribution < 1.29 is 13.9 Å². The Labute approximate surface area is 178 Å². The third kappa shape index (κ3) is 3.97. The third-order valence-electron chi connectivity index (χ3n) is 7.48. The summed E-state index contributed by atoms with van der Waals surface area (Å²) in [5.41, 5.74) is 0.945. The molecule has 2 aromatic carbocycles. The first-order valence-corrected chi connectivity index (χ1v) is 11.4. The summed E-state index contributed by atoms with van der Waals surface area (Å²) in [4.78, 5) is 13.2. The molecule has 0 aromatic heterocycles. The van der Waals surface area contributed by atoms with Crippen molar-refractivity contribution in [3.63, 3.8) is 0 Å². The van der Waals surface area contributed by atoms with Gasteiger partial charge in [-0.3, -0.25) is 4.79 Å². The number of carbonyl (C=O) groups excluding carboxylic acids is 1. The van der Waals surface area contributed by atoms with E-state index in [0.29, 0.717) is 18.7 Å². The van der Waals surface area contributed by atoms with Crippen LogP contribution in [0.3, 0.4) is 0 Å². The van der Waals surface area contributed by atoms with E-state index in [9.17, 15) is 9.18 Å². The van der Waals surface area contributed by atoms with E-state index in [1.165, 1.54) is 31.4 Å². The lowest BCUT2D eigenvalue weighted by atomic mass is 9.49. The van der Waals surface area contributed by atoms with Gasteiger partial charge in [-0.2, -0.15) is 0 Å². The lowest BCUT2D eigenvalue weighted by Gasteiger charge is -2.55. The minimum absolute atomic E-state index is 0.116. The standard InChI is InChI=1S/C26H30FNO2/c27-22-6-8-23(9-7-22)30-24(21-4-2-1-3-5-21)10-11-28-25(29)26-15-18-12-19(16-26)14-20(13-18)17-26/h1-9,18-20,24H,10-17H2,(H,28,29). The molecular weight excluding hydrogens is 377 g/mol. The molecule has 30 heavy (non-hydrogen) atoms. The summed E-state index contributed by atoms with van der Waals surface area (Å²) in [5.74, 6) is 2.91. The second-order valence-electron chi connectivity index (χ2n) is 9.71. The van der Waals surface area contributed by atoms with Gasteiger partial charge in [0.2, 0.25) is 5.91 Å². The van der Waals surface area contributed by atoms with Crippen LogP contribution in [0.15, 0.2) is 54.6 Å². The third-order valence-corrected chi connectivity index (χ3v) is 7.48. The maximum Gasteiger partial charge on any atom is 0.226 e. The number of halogens is 1. The fraction of sp³-hybridized carbons (Fsp3) is 0.500. The predicted octanol–water partition coefficient (Wildman–Crippen LogP) is 5.67. The highest BCUT2D eigenvalue weighted by atomic mass is 19.1. The highest BCUT2D eigenvalue weighted by Crippen LogP contribution is 2.60. The van der Waals surface area contributed by atoms with E-state index in [1.807, 2.05) is 30.3 Å². The molecule has 3 nitrogen and oxygen atoms in total. The lowest BCUT2D eigenvalue weighted by molar-refractivity contribution is -0.146. The second kappa shape index (κ2) is 8.05. The molecular formula is C26H30FNO2. The van der Waals surface area contributed by atoms with E-state index < -0.39 is 0 Å². The van der Waals surface area contributed by atoms with Crippen LogP contribution in [0.4, 0.5) is 4.39 Å². The molecule has 4 fully saturated rings. The summed E-state index contributed by atoms with van der Waals surface area (Å²) in [7, 11) is 0. The summed E-state index contributed by atoms with van der Waals surface area (Å²) in [6.07, 6.45) is 7.76. The zero-order valence-electron chi connectivity index (χ0n) is 17.4. The van der Waals surface area contributed by atoms with Gasteiger partial charge < -0.3 is 10.1 Å². The van der Waals surface area contributed by atoms with Gasteiger partial charge in [-0.05, 0) is 86.1 Å². The average molecular weight is 408 g/mol. The molecule has 1 N–H and O–H groups in total. The van der Waals surface area contributed by atoms with Crippen LogP contribution in [-0.2, 0) is 4.79 Å². The van der Waals surface area contributed by atoms with Gasteiger partial charge in [-0.15, -0.1) is 0 Å². The molecule has 0 aliphatic heterocycles. The van der Waals surface area contributed by atoms with Crippen LogP contribution in [-0.4, -0.2) is 12.5 Å². The Kier molecular flexibility index (Phi) is 5.26. The molecule has 4 aliphatic carbocycles. The average Bonchev–Trinajstić information content (AvgIpc) is 2.74. The molecule has 158 valence electrons. The number of hydrogen-bond donors (Lipinski definition) is 1. The first-order chi connectivity index (χ1) is 14.6. The number of amides is 1. The SMILES string of the molecule is O=C(NCCC(Oc1ccc(F)cc1)c1ccccc1)C12CC3CC(CC(C3)C1)C2. The smallest absolute Gasteiger partial charge is 0.226 e. The first-order valence-electron chi connectivity index (χ1n) is 11.4. The van der Waals surface area contributed by atoms with Crippen molar-refractivity contribution in [2.24, 2.45) is 23.2 Å². The Morgan fingerprint density at radius 1 is 0.967 bits per heavy atom. The molecule has 0 radical (unpaired) electrons. The fourth-order valence-corrected chi connectivity index (χ4v) is 6.53. The summed E-state index contributed by atoms with van der Waals surface area (Å²) in [6, 6.07) is 16.2. The number of benzene rings is 2. The molecule has 1 unspecified atom stereocenters. The molecule has 0 spiro atoms. The molecule has 4 heteroatoms. The molecule has 2 aromatic rings. The first kappa shape index (κ1) is 19.6. The number of nitrogens with one attached hydrogen (secondary N) is 1. The molecule has 4 saturated carbocycles. The Balaban J connectivity index is 1.23. The Morgan fingerprint density at radius 2 is 1.57 bits per heavy atom. The van der Waals surface area contributed by atoms with E-state index in [2.05, 4.69) is 5.32 Å². The minimum Gasteiger partial charge on any atom is -0.486 e. The van der Waals surface area contributed by atoms with Crippen molar-refractivity contribution in [3.8, 4) is 5.75 Å². The van der Waals surface area contributed by atoms with Crippen molar-refractivity contribution in [1.82, 2.24) is 5.32 Å². The van der Waals surface area contributed by atoms with Gasteiger partial charge in [0.05, 0.1) is 0 Å². The second-order valence-corrected chi connectivity index (χ2v) is 9.71. The minimum atomic E-state index is -0.276. The number of hydrogen-bond acceptors (Lipinski definition) is 2. The van der Waals surface area contributed by atoms with Crippen molar-refractivity contribution in [1.29, 1.82) is 0 Å². The summed E-state index contributed by atoms with van der Waals surface area (Å²) in [5, 5.41) is 3.26. The van der Waals surface area contributed by atoms with Gasteiger partial charge in [0.15, 0.2) is 0 Å². The van der Waals surface area contributed by atoms with Crippen LogP contribution in [0.25, 0.3) is 0 Å². The van der Waals surface area contributed by atoms with Gasteiger partial charge >= 0.3 is 0 Å². The van der Waals surface area contributed by atoms with Crippen LogP contribution in [0.1, 0.15) is 56.6 Å². The van der Waals surface area contributed by atoms with E-state index >= 15 is 0 Å². The van der Waals surface area contributed by atoms with Crippen LogP contribution in [0.2, 0.25) is 0 Å². The molecule has 1 atom stereocenters. The zero-order valence-corrected chi connectivity index (χ0v) is 17.4. The van der Waals surface area contributed by atoms with E-state index in [-0.39, 0.29) is 23.2 Å². The molecule has 1 amide bonds. The van der Waals surface area contributed by atoms with Crippen LogP contribution in [0, 0.1) is 29.0 Å². The Morgan fingerprint density at radius 3 is 2.17 bits per heavy atom. The Bertz CT molecular complexity index is 844.